The Morgan fingerprint density at radius 3 is 1.63 bits per heavy atom. The molecule has 2 heterocycles. The van der Waals surface area contributed by atoms with Crippen molar-refractivity contribution < 1.29 is 50.0 Å². The zero-order valence-electron chi connectivity index (χ0n) is 20.8. The summed E-state index contributed by atoms with van der Waals surface area (Å²) in [5.74, 6) is 0. The number of ether oxygens (including phenoxy) is 3. The normalized spacial score (nSPS) is 38.1. The first-order chi connectivity index (χ1) is 16.8. The third-order valence-corrected chi connectivity index (χ3v) is 6.91. The number of rotatable bonds is 16. The van der Waals surface area contributed by atoms with Gasteiger partial charge in [-0.25, -0.2) is 0 Å². The second kappa shape index (κ2) is 16.4. The minimum Gasteiger partial charge on any atom is -0.394 e. The predicted molar refractivity (Wildman–Crippen MR) is 126 cm³/mol. The van der Waals surface area contributed by atoms with Crippen LogP contribution in [0.15, 0.2) is 0 Å². The first-order valence-corrected chi connectivity index (χ1v) is 13.2. The van der Waals surface area contributed by atoms with Crippen molar-refractivity contribution in [2.45, 2.75) is 132 Å². The number of nitrogens with one attached hydrogen (secondary N) is 1. The van der Waals surface area contributed by atoms with Crippen LogP contribution in [0, 0.1) is 0 Å². The van der Waals surface area contributed by atoms with Crippen LogP contribution < -0.4 is 5.32 Å². The van der Waals surface area contributed by atoms with Crippen molar-refractivity contribution in [3.63, 3.8) is 0 Å². The number of aliphatic hydroxyl groups is 7. The van der Waals surface area contributed by atoms with E-state index in [2.05, 4.69) is 12.2 Å². The Bertz CT molecular complexity index is 554. The van der Waals surface area contributed by atoms with Crippen LogP contribution in [0.25, 0.3) is 0 Å². The maximum Gasteiger partial charge on any atom is 0.189 e. The van der Waals surface area contributed by atoms with Gasteiger partial charge in [-0.2, -0.15) is 0 Å². The molecule has 11 nitrogen and oxygen atoms in total. The van der Waals surface area contributed by atoms with Crippen LogP contribution >= 0.6 is 0 Å². The van der Waals surface area contributed by atoms with Crippen molar-refractivity contribution in [2.24, 2.45) is 0 Å². The zero-order valence-corrected chi connectivity index (χ0v) is 20.8. The Kier molecular flexibility index (Phi) is 14.4. The summed E-state index contributed by atoms with van der Waals surface area (Å²) in [6.07, 6.45) is -0.841. The van der Waals surface area contributed by atoms with E-state index in [0.717, 1.165) is 19.3 Å². The molecule has 0 aromatic heterocycles. The molecule has 35 heavy (non-hydrogen) atoms. The largest absolute Gasteiger partial charge is 0.394 e. The number of hydrogen-bond donors (Lipinski definition) is 8. The Labute approximate surface area is 208 Å². The summed E-state index contributed by atoms with van der Waals surface area (Å²) >= 11 is 0. The minimum absolute atomic E-state index is 0.450. The Hall–Kier alpha value is -0.440. The van der Waals surface area contributed by atoms with Crippen molar-refractivity contribution >= 4 is 0 Å². The van der Waals surface area contributed by atoms with Crippen LogP contribution in [-0.4, -0.2) is 117 Å². The third-order valence-electron chi connectivity index (χ3n) is 6.91. The molecule has 0 bridgehead atoms. The fraction of sp³-hybridized carbons (Fsp3) is 1.00. The smallest absolute Gasteiger partial charge is 0.189 e. The fourth-order valence-corrected chi connectivity index (χ4v) is 4.65. The molecule has 0 aliphatic carbocycles. The summed E-state index contributed by atoms with van der Waals surface area (Å²) in [5, 5.41) is 73.4. The fourth-order valence-electron chi connectivity index (χ4n) is 4.65. The molecular weight excluding hydrogens is 462 g/mol. The Balaban J connectivity index is 1.74. The minimum atomic E-state index is -1.68. The molecule has 0 radical (unpaired) electrons. The maximum atomic E-state index is 10.6. The molecule has 0 amide bonds. The number of aliphatic hydroxyl groups excluding tert-OH is 7. The van der Waals surface area contributed by atoms with E-state index in [1.165, 1.54) is 44.9 Å². The molecule has 0 aromatic rings. The molecule has 2 aliphatic heterocycles. The van der Waals surface area contributed by atoms with E-state index < -0.39 is 74.6 Å². The number of hydrogen-bond acceptors (Lipinski definition) is 11. The van der Waals surface area contributed by atoms with Gasteiger partial charge in [0.1, 0.15) is 42.7 Å². The van der Waals surface area contributed by atoms with Crippen molar-refractivity contribution in [3.8, 4) is 0 Å². The lowest BCUT2D eigenvalue weighted by Gasteiger charge is -2.45. The quantitative estimate of drug-likeness (QED) is 0.121. The van der Waals surface area contributed by atoms with Crippen LogP contribution in [0.4, 0.5) is 0 Å². The first kappa shape index (κ1) is 30.8. The lowest BCUT2D eigenvalue weighted by Crippen LogP contribution is -2.66. The van der Waals surface area contributed by atoms with Crippen LogP contribution in [0.3, 0.4) is 0 Å². The topological polar surface area (TPSA) is 181 Å². The van der Waals surface area contributed by atoms with Gasteiger partial charge in [-0.15, -0.1) is 0 Å². The second-order valence-corrected chi connectivity index (χ2v) is 9.70. The van der Waals surface area contributed by atoms with Gasteiger partial charge in [-0.3, -0.25) is 0 Å². The molecule has 0 aromatic carbocycles. The standard InChI is InChI=1S/C24H47NO10/c1-2-3-4-5-6-7-8-9-10-11-12-25-17-15(13-26)33-23(21(31)19(17)29)35-24-22(32)20(30)18(28)16(14-27)34-24/h15-32H,2-14H2,1H3/t15?,16?,17-,18-,19?,20?,21+,22?,23-,24-/m1/s1. The van der Waals surface area contributed by atoms with E-state index in [4.69, 9.17) is 14.2 Å². The van der Waals surface area contributed by atoms with Crippen LogP contribution in [0.2, 0.25) is 0 Å². The summed E-state index contributed by atoms with van der Waals surface area (Å²) in [6, 6.07) is -0.733. The molecular formula is C24H47NO10. The van der Waals surface area contributed by atoms with Crippen molar-refractivity contribution in [1.82, 2.24) is 5.32 Å². The molecule has 2 aliphatic rings. The van der Waals surface area contributed by atoms with E-state index in [1.807, 2.05) is 0 Å². The molecule has 5 unspecified atom stereocenters. The summed E-state index contributed by atoms with van der Waals surface area (Å²) in [5.41, 5.74) is 0. The van der Waals surface area contributed by atoms with Crippen LogP contribution in [0.5, 0.6) is 0 Å². The van der Waals surface area contributed by atoms with Gasteiger partial charge < -0.3 is 55.3 Å². The van der Waals surface area contributed by atoms with Gasteiger partial charge in [-0.1, -0.05) is 64.7 Å². The van der Waals surface area contributed by atoms with Gasteiger partial charge >= 0.3 is 0 Å². The lowest BCUT2D eigenvalue weighted by molar-refractivity contribution is -0.370. The van der Waals surface area contributed by atoms with Gasteiger partial charge in [0.05, 0.1) is 19.3 Å². The van der Waals surface area contributed by atoms with Gasteiger partial charge in [0.15, 0.2) is 12.6 Å². The molecule has 0 saturated carbocycles. The summed E-state index contributed by atoms with van der Waals surface area (Å²) in [6.45, 7) is 1.72. The molecule has 0 spiro atoms. The van der Waals surface area contributed by atoms with Gasteiger partial charge in [0.25, 0.3) is 0 Å². The molecule has 2 fully saturated rings. The first-order valence-electron chi connectivity index (χ1n) is 13.2. The van der Waals surface area contributed by atoms with E-state index >= 15 is 0 Å². The highest BCUT2D eigenvalue weighted by Crippen LogP contribution is 2.28. The lowest BCUT2D eigenvalue weighted by atomic mass is 9.95. The van der Waals surface area contributed by atoms with Gasteiger partial charge in [-0.05, 0) is 13.0 Å². The molecule has 11 heteroatoms. The third kappa shape index (κ3) is 9.11. The van der Waals surface area contributed by atoms with Gasteiger partial charge in [0.2, 0.25) is 0 Å². The van der Waals surface area contributed by atoms with E-state index in [9.17, 15) is 35.7 Å². The van der Waals surface area contributed by atoms with Crippen LogP contribution in [-0.2, 0) is 14.2 Å². The highest BCUT2D eigenvalue weighted by Gasteiger charge is 2.49. The molecule has 2 saturated heterocycles. The monoisotopic (exact) mass is 509 g/mol. The highest BCUT2D eigenvalue weighted by atomic mass is 16.8. The second-order valence-electron chi connectivity index (χ2n) is 9.70. The van der Waals surface area contributed by atoms with E-state index in [-0.39, 0.29) is 0 Å². The van der Waals surface area contributed by atoms with Crippen molar-refractivity contribution in [3.05, 3.63) is 0 Å². The van der Waals surface area contributed by atoms with Crippen molar-refractivity contribution in [2.75, 3.05) is 19.8 Å². The summed E-state index contributed by atoms with van der Waals surface area (Å²) < 4.78 is 16.3. The van der Waals surface area contributed by atoms with E-state index in [1.54, 1.807) is 0 Å². The molecule has 2 rings (SSSR count). The predicted octanol–water partition coefficient (Wildman–Crippen LogP) is -0.879. The molecule has 208 valence electrons. The molecule has 10 atom stereocenters. The SMILES string of the molecule is CCCCCCCCCCCCN[C@@H]1C(CO)O[C@H](O[C@H]2OC(CO)[C@@H](O)C(O)C2O)[C@@H](O)C1O. The summed E-state index contributed by atoms with van der Waals surface area (Å²) in [7, 11) is 0. The average molecular weight is 510 g/mol. The Morgan fingerprint density at radius 2 is 1.09 bits per heavy atom. The molecule has 8 N–H and O–H groups in total. The van der Waals surface area contributed by atoms with Crippen LogP contribution in [0.1, 0.15) is 71.1 Å². The Morgan fingerprint density at radius 1 is 0.600 bits per heavy atom. The zero-order chi connectivity index (χ0) is 25.8. The van der Waals surface area contributed by atoms with Crippen molar-refractivity contribution in [1.29, 1.82) is 0 Å². The average Bonchev–Trinajstić information content (AvgIpc) is 2.86. The maximum absolute atomic E-state index is 10.6. The van der Waals surface area contributed by atoms with Gasteiger partial charge in [0, 0.05) is 0 Å². The summed E-state index contributed by atoms with van der Waals surface area (Å²) in [4.78, 5) is 0. The number of unbranched alkanes of at least 4 members (excludes halogenated alkanes) is 9. The highest BCUT2D eigenvalue weighted by molar-refractivity contribution is 4.95. The van der Waals surface area contributed by atoms with E-state index in [0.29, 0.717) is 6.54 Å².